The Hall–Kier alpha value is -3.55. The van der Waals surface area contributed by atoms with Crippen LogP contribution in [0, 0.1) is 17.5 Å². The van der Waals surface area contributed by atoms with E-state index in [1.54, 1.807) is 24.5 Å². The van der Waals surface area contributed by atoms with Crippen LogP contribution in [-0.2, 0) is 0 Å². The molecule has 1 heterocycles. The molecule has 3 aromatic rings. The van der Waals surface area contributed by atoms with Crippen molar-refractivity contribution in [2.75, 3.05) is 5.32 Å². The molecular formula is C18H12F3N3O2. The Kier molecular flexibility index (Phi) is 4.74. The predicted molar refractivity (Wildman–Crippen MR) is 88.6 cm³/mol. The molecule has 3 amide bonds. The number of halogens is 3. The molecule has 2 N–H and O–H groups in total. The fourth-order valence-corrected chi connectivity index (χ4v) is 2.33. The molecule has 0 radical (unpaired) electrons. The van der Waals surface area contributed by atoms with E-state index in [-0.39, 0.29) is 11.4 Å². The Morgan fingerprint density at radius 3 is 2.15 bits per heavy atom. The van der Waals surface area contributed by atoms with E-state index in [1.165, 1.54) is 16.7 Å². The second-order valence-electron chi connectivity index (χ2n) is 5.26. The van der Waals surface area contributed by atoms with Gasteiger partial charge in [0.2, 0.25) is 0 Å². The molecule has 26 heavy (non-hydrogen) atoms. The maximum atomic E-state index is 13.9. The fraction of sp³-hybridized carbons (Fsp3) is 0. The summed E-state index contributed by atoms with van der Waals surface area (Å²) in [5.41, 5.74) is -0.497. The summed E-state index contributed by atoms with van der Waals surface area (Å²) < 4.78 is 42.5. The highest BCUT2D eigenvalue weighted by atomic mass is 19.1. The minimum atomic E-state index is -1.23. The second-order valence-corrected chi connectivity index (χ2v) is 5.26. The predicted octanol–water partition coefficient (Wildman–Crippen LogP) is 3.86. The lowest BCUT2D eigenvalue weighted by molar-refractivity contribution is 0.0959. The van der Waals surface area contributed by atoms with Crippen molar-refractivity contribution in [1.82, 2.24) is 9.88 Å². The van der Waals surface area contributed by atoms with Crippen molar-refractivity contribution in [3.63, 3.8) is 0 Å². The number of nitrogens with zero attached hydrogens (tertiary/aromatic N) is 1. The number of benzene rings is 2. The van der Waals surface area contributed by atoms with E-state index in [4.69, 9.17) is 0 Å². The summed E-state index contributed by atoms with van der Waals surface area (Å²) >= 11 is 0. The minimum absolute atomic E-state index is 0.180. The molecule has 0 aliphatic carbocycles. The summed E-state index contributed by atoms with van der Waals surface area (Å²) in [6.07, 6.45) is 3.24. The summed E-state index contributed by atoms with van der Waals surface area (Å²) in [6, 6.07) is 9.08. The molecule has 0 bridgehead atoms. The van der Waals surface area contributed by atoms with Gasteiger partial charge in [-0.3, -0.25) is 10.1 Å². The van der Waals surface area contributed by atoms with Crippen molar-refractivity contribution in [3.05, 3.63) is 83.9 Å². The van der Waals surface area contributed by atoms with E-state index in [1.807, 2.05) is 5.32 Å². The lowest BCUT2D eigenvalue weighted by Crippen LogP contribution is -2.35. The molecular weight excluding hydrogens is 347 g/mol. The Morgan fingerprint density at radius 1 is 0.846 bits per heavy atom. The largest absolute Gasteiger partial charge is 0.326 e. The number of aromatic nitrogens is 1. The van der Waals surface area contributed by atoms with Gasteiger partial charge in [-0.15, -0.1) is 0 Å². The van der Waals surface area contributed by atoms with Crippen LogP contribution in [-0.4, -0.2) is 16.5 Å². The number of hydrogen-bond donors (Lipinski definition) is 2. The average molecular weight is 359 g/mol. The van der Waals surface area contributed by atoms with Crippen molar-refractivity contribution >= 4 is 17.6 Å². The molecule has 0 aliphatic rings. The Labute approximate surface area is 146 Å². The summed E-state index contributed by atoms with van der Waals surface area (Å²) in [6.45, 7) is 0. The number of carbonyl (C=O) groups is 2. The number of rotatable bonds is 3. The highest BCUT2D eigenvalue weighted by Gasteiger charge is 2.19. The van der Waals surface area contributed by atoms with Gasteiger partial charge < -0.3 is 9.88 Å². The molecule has 0 saturated carbocycles. The first kappa shape index (κ1) is 17.3. The van der Waals surface area contributed by atoms with Crippen molar-refractivity contribution in [3.8, 4) is 5.69 Å². The molecule has 0 unspecified atom stereocenters. The van der Waals surface area contributed by atoms with Gasteiger partial charge in [-0.25, -0.2) is 18.0 Å². The smallest absolute Gasteiger partial charge is 0.321 e. The number of hydrogen-bond acceptors (Lipinski definition) is 2. The summed E-state index contributed by atoms with van der Waals surface area (Å²) in [5, 5.41) is 4.14. The number of urea groups is 1. The van der Waals surface area contributed by atoms with Crippen LogP contribution in [0.1, 0.15) is 10.4 Å². The third-order valence-electron chi connectivity index (χ3n) is 3.50. The summed E-state index contributed by atoms with van der Waals surface area (Å²) in [7, 11) is 0. The molecule has 0 fully saturated rings. The monoisotopic (exact) mass is 359 g/mol. The maximum absolute atomic E-state index is 13.9. The van der Waals surface area contributed by atoms with Crippen LogP contribution in [0.4, 0.5) is 23.7 Å². The van der Waals surface area contributed by atoms with E-state index in [2.05, 4.69) is 5.32 Å². The molecule has 0 saturated heterocycles. The van der Waals surface area contributed by atoms with E-state index < -0.39 is 35.0 Å². The van der Waals surface area contributed by atoms with Crippen LogP contribution in [0.2, 0.25) is 0 Å². The van der Waals surface area contributed by atoms with E-state index in [9.17, 15) is 22.8 Å². The molecule has 5 nitrogen and oxygen atoms in total. The second kappa shape index (κ2) is 7.14. The standard InChI is InChI=1S/C18H12F3N3O2/c19-12-7-6-11(10-15(12)24-8-1-2-9-24)22-18(26)23-17(25)16-13(20)4-3-5-14(16)21/h1-10H,(H2,22,23,25,26). The SMILES string of the molecule is O=C(NC(=O)c1c(F)cccc1F)Nc1ccc(F)c(-n2cccc2)c1. The molecule has 2 aromatic carbocycles. The molecule has 3 rings (SSSR count). The number of nitrogens with one attached hydrogen (secondary N) is 2. The maximum Gasteiger partial charge on any atom is 0.326 e. The normalized spacial score (nSPS) is 10.4. The molecule has 8 heteroatoms. The minimum Gasteiger partial charge on any atom is -0.321 e. The van der Waals surface area contributed by atoms with Gasteiger partial charge in [0.25, 0.3) is 5.91 Å². The van der Waals surface area contributed by atoms with E-state index >= 15 is 0 Å². The Balaban J connectivity index is 1.75. The van der Waals surface area contributed by atoms with Gasteiger partial charge in [0.05, 0.1) is 5.69 Å². The van der Waals surface area contributed by atoms with Gasteiger partial charge in [-0.1, -0.05) is 6.07 Å². The van der Waals surface area contributed by atoms with E-state index in [0.29, 0.717) is 0 Å². The molecule has 0 atom stereocenters. The molecule has 0 spiro atoms. The topological polar surface area (TPSA) is 63.1 Å². The first-order valence-electron chi connectivity index (χ1n) is 7.45. The lowest BCUT2D eigenvalue weighted by atomic mass is 10.2. The number of imide groups is 1. The summed E-state index contributed by atoms with van der Waals surface area (Å²) in [4.78, 5) is 23.8. The zero-order valence-electron chi connectivity index (χ0n) is 13.2. The molecule has 132 valence electrons. The van der Waals surface area contributed by atoms with Crippen molar-refractivity contribution in [2.24, 2.45) is 0 Å². The Bertz CT molecular complexity index is 952. The number of carbonyl (C=O) groups excluding carboxylic acids is 2. The average Bonchev–Trinajstić information content (AvgIpc) is 3.10. The first-order chi connectivity index (χ1) is 12.5. The fourth-order valence-electron chi connectivity index (χ4n) is 2.33. The van der Waals surface area contributed by atoms with Crippen LogP contribution < -0.4 is 10.6 Å². The lowest BCUT2D eigenvalue weighted by Gasteiger charge is -2.10. The number of anilines is 1. The van der Waals surface area contributed by atoms with Gasteiger partial charge in [0.15, 0.2) is 0 Å². The number of amides is 3. The highest BCUT2D eigenvalue weighted by molar-refractivity contribution is 6.08. The van der Waals surface area contributed by atoms with E-state index in [0.717, 1.165) is 24.3 Å². The van der Waals surface area contributed by atoms with Crippen LogP contribution in [0.3, 0.4) is 0 Å². The first-order valence-corrected chi connectivity index (χ1v) is 7.45. The third-order valence-corrected chi connectivity index (χ3v) is 3.50. The van der Waals surface area contributed by atoms with Crippen LogP contribution in [0.25, 0.3) is 5.69 Å². The third kappa shape index (κ3) is 3.59. The Morgan fingerprint density at radius 2 is 1.50 bits per heavy atom. The van der Waals surface area contributed by atoms with Gasteiger partial charge in [-0.2, -0.15) is 0 Å². The van der Waals surface area contributed by atoms with Gasteiger partial charge in [-0.05, 0) is 42.5 Å². The van der Waals surface area contributed by atoms with Gasteiger partial charge in [0.1, 0.15) is 23.0 Å². The zero-order valence-corrected chi connectivity index (χ0v) is 13.2. The molecule has 1 aromatic heterocycles. The van der Waals surface area contributed by atoms with Crippen LogP contribution in [0.15, 0.2) is 60.9 Å². The van der Waals surface area contributed by atoms with Gasteiger partial charge >= 0.3 is 6.03 Å². The summed E-state index contributed by atoms with van der Waals surface area (Å²) in [5.74, 6) is -3.93. The van der Waals surface area contributed by atoms with Crippen LogP contribution in [0.5, 0.6) is 0 Å². The van der Waals surface area contributed by atoms with Crippen molar-refractivity contribution in [1.29, 1.82) is 0 Å². The highest BCUT2D eigenvalue weighted by Crippen LogP contribution is 2.19. The quantitative estimate of drug-likeness (QED) is 0.746. The molecule has 0 aliphatic heterocycles. The van der Waals surface area contributed by atoms with Crippen LogP contribution >= 0.6 is 0 Å². The van der Waals surface area contributed by atoms with Crippen molar-refractivity contribution < 1.29 is 22.8 Å². The van der Waals surface area contributed by atoms with Gasteiger partial charge in [0, 0.05) is 18.1 Å². The zero-order chi connectivity index (χ0) is 18.7. The van der Waals surface area contributed by atoms with Crippen molar-refractivity contribution in [2.45, 2.75) is 0 Å².